The number of nitrogens with zero attached hydrogens (tertiary/aromatic N) is 2. The zero-order valence-corrected chi connectivity index (χ0v) is 29.8. The lowest BCUT2D eigenvalue weighted by Gasteiger charge is -2.34. The highest BCUT2D eigenvalue weighted by Gasteiger charge is 2.36. The van der Waals surface area contributed by atoms with E-state index >= 15 is 0 Å². The van der Waals surface area contributed by atoms with Gasteiger partial charge in [-0.15, -0.1) is 0 Å². The predicted molar refractivity (Wildman–Crippen MR) is 193 cm³/mol. The van der Waals surface area contributed by atoms with Gasteiger partial charge in [-0.05, 0) is 80.6 Å². The number of rotatable bonds is 12. The number of aryl methyl sites for hydroxylation is 3. The molecular weight excluding hydrogens is 665 g/mol. The lowest BCUT2D eigenvalue weighted by molar-refractivity contribution is -0.140. The normalized spacial score (nSPS) is 14.0. The fourth-order valence-corrected chi connectivity index (χ4v) is 7.99. The lowest BCUT2D eigenvalue weighted by Crippen LogP contribution is -2.54. The minimum atomic E-state index is -4.20. The van der Waals surface area contributed by atoms with Gasteiger partial charge in [0.05, 0.1) is 20.6 Å². The average Bonchev–Trinajstić information content (AvgIpc) is 3.57. The summed E-state index contributed by atoms with van der Waals surface area (Å²) < 4.78 is 29.9. The SMILES string of the molecule is Cc1ccc(S(=O)(=O)N(CC(=O)N(Cc2ccc(Cl)c(Cl)c2)[C@H](Cc2ccccc2)C(=O)NC2CCCC2)c2ccc(C)cc2C)cc1. The van der Waals surface area contributed by atoms with Crippen LogP contribution >= 0.6 is 23.2 Å². The first kappa shape index (κ1) is 35.5. The largest absolute Gasteiger partial charge is 0.352 e. The van der Waals surface area contributed by atoms with Crippen LogP contribution in [-0.4, -0.2) is 43.8 Å². The van der Waals surface area contributed by atoms with E-state index in [1.165, 1.54) is 4.90 Å². The van der Waals surface area contributed by atoms with Crippen LogP contribution in [0, 0.1) is 20.8 Å². The molecule has 0 saturated heterocycles. The minimum Gasteiger partial charge on any atom is -0.352 e. The van der Waals surface area contributed by atoms with E-state index < -0.39 is 28.5 Å². The van der Waals surface area contributed by atoms with Crippen molar-refractivity contribution in [1.29, 1.82) is 0 Å². The highest BCUT2D eigenvalue weighted by atomic mass is 35.5. The summed E-state index contributed by atoms with van der Waals surface area (Å²) in [5.41, 5.74) is 4.49. The Balaban J connectivity index is 1.59. The number of hydrogen-bond acceptors (Lipinski definition) is 4. The number of halogens is 2. The van der Waals surface area contributed by atoms with E-state index in [0.717, 1.165) is 46.7 Å². The minimum absolute atomic E-state index is 0.0105. The number of anilines is 1. The molecule has 0 unspecified atom stereocenters. The van der Waals surface area contributed by atoms with Gasteiger partial charge in [0.1, 0.15) is 12.6 Å². The summed E-state index contributed by atoms with van der Waals surface area (Å²) in [5.74, 6) is -0.808. The Kier molecular flexibility index (Phi) is 11.5. The standard InChI is InChI=1S/C38H41Cl2N3O4S/c1-26-13-17-32(18-14-26)48(46,47)43(35-20-15-27(2)21-28(35)3)25-37(44)42(24-30-16-19-33(39)34(40)22-30)36(23-29-9-5-4-6-10-29)38(45)41-31-11-7-8-12-31/h4-6,9-10,13-22,31,36H,7-8,11-12,23-25H2,1-3H3,(H,41,45)/t36-/m1/s1. The van der Waals surface area contributed by atoms with Crippen LogP contribution in [0.2, 0.25) is 10.0 Å². The number of benzene rings is 4. The van der Waals surface area contributed by atoms with Gasteiger partial charge in [-0.2, -0.15) is 0 Å². The van der Waals surface area contributed by atoms with Gasteiger partial charge in [0, 0.05) is 19.0 Å². The van der Waals surface area contributed by atoms with Crippen LogP contribution in [0.3, 0.4) is 0 Å². The number of carbonyl (C=O) groups excluding carboxylic acids is 2. The van der Waals surface area contributed by atoms with Crippen molar-refractivity contribution < 1.29 is 18.0 Å². The van der Waals surface area contributed by atoms with Crippen molar-refractivity contribution in [2.24, 2.45) is 0 Å². The third-order valence-corrected chi connectivity index (χ3v) is 11.3. The van der Waals surface area contributed by atoms with E-state index in [1.807, 2.05) is 63.2 Å². The summed E-state index contributed by atoms with van der Waals surface area (Å²) in [7, 11) is -4.20. The molecule has 7 nitrogen and oxygen atoms in total. The van der Waals surface area contributed by atoms with E-state index in [9.17, 15) is 18.0 Å². The van der Waals surface area contributed by atoms with Gasteiger partial charge in [0.2, 0.25) is 11.8 Å². The third kappa shape index (κ3) is 8.59. The molecule has 0 aromatic heterocycles. The van der Waals surface area contributed by atoms with Crippen LogP contribution in [0.5, 0.6) is 0 Å². The van der Waals surface area contributed by atoms with Gasteiger partial charge in [0.25, 0.3) is 10.0 Å². The molecule has 0 aliphatic heterocycles. The first-order valence-corrected chi connectivity index (χ1v) is 18.4. The van der Waals surface area contributed by atoms with E-state index in [0.29, 0.717) is 26.9 Å². The molecule has 4 aromatic carbocycles. The Morgan fingerprint density at radius 1 is 0.812 bits per heavy atom. The lowest BCUT2D eigenvalue weighted by atomic mass is 10.0. The highest BCUT2D eigenvalue weighted by Crippen LogP contribution is 2.30. The van der Waals surface area contributed by atoms with Crippen LogP contribution in [0.15, 0.2) is 95.9 Å². The Bertz CT molecular complexity index is 1860. The van der Waals surface area contributed by atoms with Crippen LogP contribution < -0.4 is 9.62 Å². The summed E-state index contributed by atoms with van der Waals surface area (Å²) >= 11 is 12.6. The molecule has 0 spiro atoms. The van der Waals surface area contributed by atoms with Crippen LogP contribution in [-0.2, 0) is 32.6 Å². The van der Waals surface area contributed by atoms with Crippen molar-refractivity contribution in [2.45, 2.75) is 76.4 Å². The molecule has 0 heterocycles. The molecule has 1 atom stereocenters. The molecule has 1 N–H and O–H groups in total. The van der Waals surface area contributed by atoms with Crippen molar-refractivity contribution in [1.82, 2.24) is 10.2 Å². The molecule has 5 rings (SSSR count). The van der Waals surface area contributed by atoms with Crippen molar-refractivity contribution in [3.05, 3.63) is 129 Å². The number of hydrogen-bond donors (Lipinski definition) is 1. The third-order valence-electron chi connectivity index (χ3n) is 8.82. The molecule has 4 aromatic rings. The van der Waals surface area contributed by atoms with Crippen LogP contribution in [0.4, 0.5) is 5.69 Å². The molecule has 1 saturated carbocycles. The fraction of sp³-hybridized carbons (Fsp3) is 0.316. The highest BCUT2D eigenvalue weighted by molar-refractivity contribution is 7.92. The smallest absolute Gasteiger partial charge is 0.264 e. The Labute approximate surface area is 293 Å². The molecule has 48 heavy (non-hydrogen) atoms. The topological polar surface area (TPSA) is 86.8 Å². The zero-order chi connectivity index (χ0) is 34.4. The summed E-state index contributed by atoms with van der Waals surface area (Å²) in [6.45, 7) is 5.12. The quantitative estimate of drug-likeness (QED) is 0.163. The molecule has 252 valence electrons. The summed E-state index contributed by atoms with van der Waals surface area (Å²) in [6.07, 6.45) is 4.05. The molecule has 1 aliphatic carbocycles. The Morgan fingerprint density at radius 3 is 2.12 bits per heavy atom. The van der Waals surface area contributed by atoms with Gasteiger partial charge in [0.15, 0.2) is 0 Å². The van der Waals surface area contributed by atoms with Crippen LogP contribution in [0.25, 0.3) is 0 Å². The molecular formula is C38H41Cl2N3O4S. The second kappa shape index (κ2) is 15.6. The number of amides is 2. The van der Waals surface area contributed by atoms with E-state index in [2.05, 4.69) is 5.32 Å². The fourth-order valence-electron chi connectivity index (χ4n) is 6.19. The molecule has 1 aliphatic rings. The summed E-state index contributed by atoms with van der Waals surface area (Å²) in [5, 5.41) is 3.87. The van der Waals surface area contributed by atoms with Crippen molar-refractivity contribution >= 4 is 50.7 Å². The maximum atomic E-state index is 14.7. The molecule has 1 fully saturated rings. The first-order valence-electron chi connectivity index (χ1n) is 16.2. The Morgan fingerprint density at radius 2 is 1.48 bits per heavy atom. The van der Waals surface area contributed by atoms with Crippen molar-refractivity contribution in [3.8, 4) is 0 Å². The number of sulfonamides is 1. The van der Waals surface area contributed by atoms with Gasteiger partial charge in [-0.25, -0.2) is 8.42 Å². The maximum Gasteiger partial charge on any atom is 0.264 e. The molecule has 10 heteroatoms. The summed E-state index contributed by atoms with van der Waals surface area (Å²) in [4.78, 5) is 30.5. The predicted octanol–water partition coefficient (Wildman–Crippen LogP) is 7.81. The molecule has 0 bridgehead atoms. The molecule has 0 radical (unpaired) electrons. The van der Waals surface area contributed by atoms with Crippen molar-refractivity contribution in [2.75, 3.05) is 10.8 Å². The van der Waals surface area contributed by atoms with Gasteiger partial charge in [-0.1, -0.05) is 108 Å². The second-order valence-electron chi connectivity index (χ2n) is 12.6. The maximum absolute atomic E-state index is 14.7. The number of nitrogens with one attached hydrogen (secondary N) is 1. The second-order valence-corrected chi connectivity index (χ2v) is 15.3. The van der Waals surface area contributed by atoms with E-state index in [1.54, 1.807) is 48.5 Å². The van der Waals surface area contributed by atoms with Gasteiger partial charge in [-0.3, -0.25) is 13.9 Å². The number of carbonyl (C=O) groups is 2. The first-order chi connectivity index (χ1) is 22.9. The monoisotopic (exact) mass is 705 g/mol. The van der Waals surface area contributed by atoms with Crippen molar-refractivity contribution in [3.63, 3.8) is 0 Å². The van der Waals surface area contributed by atoms with Gasteiger partial charge < -0.3 is 10.2 Å². The van der Waals surface area contributed by atoms with Gasteiger partial charge >= 0.3 is 0 Å². The van der Waals surface area contributed by atoms with Crippen LogP contribution in [0.1, 0.15) is 53.5 Å². The summed E-state index contributed by atoms with van der Waals surface area (Å²) in [6, 6.07) is 25.7. The van der Waals surface area contributed by atoms with E-state index in [4.69, 9.17) is 23.2 Å². The molecule has 2 amide bonds. The van der Waals surface area contributed by atoms with E-state index in [-0.39, 0.29) is 29.8 Å². The Hall–Kier alpha value is -3.85. The average molecular weight is 707 g/mol. The zero-order valence-electron chi connectivity index (χ0n) is 27.5.